The van der Waals surface area contributed by atoms with E-state index < -0.39 is 0 Å². The Bertz CT molecular complexity index is 615. The van der Waals surface area contributed by atoms with Gasteiger partial charge in [-0.15, -0.1) is 0 Å². The highest BCUT2D eigenvalue weighted by atomic mass is 16.2. The number of hydrogen-bond donors (Lipinski definition) is 3. The van der Waals surface area contributed by atoms with Crippen LogP contribution in [0.4, 0.5) is 16.2 Å². The molecule has 7 nitrogen and oxygen atoms in total. The summed E-state index contributed by atoms with van der Waals surface area (Å²) in [6, 6.07) is 6.46. The molecule has 3 amide bonds. The van der Waals surface area contributed by atoms with Crippen LogP contribution in [0.2, 0.25) is 0 Å². The topological polar surface area (TPSA) is 96.0 Å². The molecule has 1 aromatic heterocycles. The predicted molar refractivity (Wildman–Crippen MR) is 74.5 cm³/mol. The zero-order valence-corrected chi connectivity index (χ0v) is 10.8. The van der Waals surface area contributed by atoms with Crippen LogP contribution in [0.15, 0.2) is 42.9 Å². The average Bonchev–Trinajstić information content (AvgIpc) is 2.48. The summed E-state index contributed by atoms with van der Waals surface area (Å²) in [6.45, 7) is 0. The van der Waals surface area contributed by atoms with Gasteiger partial charge in [-0.25, -0.2) is 9.78 Å². The first kappa shape index (κ1) is 13.5. The van der Waals surface area contributed by atoms with Crippen LogP contribution in [0, 0.1) is 0 Å². The third-order valence-corrected chi connectivity index (χ3v) is 2.40. The summed E-state index contributed by atoms with van der Waals surface area (Å²) in [7, 11) is 1.52. The van der Waals surface area contributed by atoms with Gasteiger partial charge in [0.25, 0.3) is 5.91 Å². The number of rotatable bonds is 3. The van der Waals surface area contributed by atoms with Crippen LogP contribution in [-0.4, -0.2) is 29.0 Å². The second-order valence-corrected chi connectivity index (χ2v) is 3.83. The Morgan fingerprint density at radius 1 is 1.10 bits per heavy atom. The maximum Gasteiger partial charge on any atom is 0.318 e. The fourth-order valence-corrected chi connectivity index (χ4v) is 1.48. The Morgan fingerprint density at radius 2 is 1.85 bits per heavy atom. The monoisotopic (exact) mass is 271 g/mol. The normalized spacial score (nSPS) is 9.65. The highest BCUT2D eigenvalue weighted by Gasteiger charge is 2.08. The maximum atomic E-state index is 11.9. The van der Waals surface area contributed by atoms with Crippen molar-refractivity contribution < 1.29 is 9.59 Å². The van der Waals surface area contributed by atoms with E-state index in [1.807, 2.05) is 0 Å². The number of aromatic nitrogens is 2. The van der Waals surface area contributed by atoms with Crippen molar-refractivity contribution in [2.45, 2.75) is 0 Å². The standard InChI is InChI=1S/C13H13N5O2/c1-14-13(20)18-10-4-2-3-9(7-10)17-12(19)11-8-15-5-6-16-11/h2-8H,1H3,(H,17,19)(H2,14,18,20). The number of hydrogen-bond acceptors (Lipinski definition) is 4. The maximum absolute atomic E-state index is 11.9. The van der Waals surface area contributed by atoms with Gasteiger partial charge in [0.2, 0.25) is 0 Å². The Labute approximate surface area is 115 Å². The number of amides is 3. The minimum Gasteiger partial charge on any atom is -0.341 e. The molecule has 2 aromatic rings. The molecule has 0 bridgehead atoms. The third kappa shape index (κ3) is 3.52. The van der Waals surface area contributed by atoms with Gasteiger partial charge >= 0.3 is 6.03 Å². The second-order valence-electron chi connectivity index (χ2n) is 3.83. The SMILES string of the molecule is CNC(=O)Nc1cccc(NC(=O)c2cnccn2)c1. The van der Waals surface area contributed by atoms with Crippen molar-refractivity contribution in [3.05, 3.63) is 48.5 Å². The molecule has 0 aliphatic rings. The van der Waals surface area contributed by atoms with Crippen molar-refractivity contribution in [3.8, 4) is 0 Å². The first-order valence-corrected chi connectivity index (χ1v) is 5.85. The van der Waals surface area contributed by atoms with Crippen LogP contribution in [0.1, 0.15) is 10.5 Å². The zero-order chi connectivity index (χ0) is 14.4. The molecule has 1 aromatic carbocycles. The molecular weight excluding hydrogens is 258 g/mol. The molecule has 3 N–H and O–H groups in total. The molecule has 0 radical (unpaired) electrons. The lowest BCUT2D eigenvalue weighted by Gasteiger charge is -2.08. The van der Waals surface area contributed by atoms with E-state index in [9.17, 15) is 9.59 Å². The van der Waals surface area contributed by atoms with Gasteiger partial charge in [0, 0.05) is 30.8 Å². The minimum absolute atomic E-state index is 0.220. The van der Waals surface area contributed by atoms with Gasteiger partial charge in [-0.3, -0.25) is 9.78 Å². The molecule has 7 heteroatoms. The number of nitrogens with one attached hydrogen (secondary N) is 3. The van der Waals surface area contributed by atoms with Crippen LogP contribution in [0.5, 0.6) is 0 Å². The molecule has 20 heavy (non-hydrogen) atoms. The largest absolute Gasteiger partial charge is 0.341 e. The molecule has 2 rings (SSSR count). The molecule has 0 aliphatic heterocycles. The van der Waals surface area contributed by atoms with E-state index in [1.165, 1.54) is 25.6 Å². The Kier molecular flexibility index (Phi) is 4.23. The Balaban J connectivity index is 2.08. The van der Waals surface area contributed by atoms with E-state index in [0.29, 0.717) is 11.4 Å². The van der Waals surface area contributed by atoms with Crippen LogP contribution in [0.25, 0.3) is 0 Å². The number of nitrogens with zero attached hydrogens (tertiary/aromatic N) is 2. The van der Waals surface area contributed by atoms with Crippen LogP contribution >= 0.6 is 0 Å². The Morgan fingerprint density at radius 3 is 2.50 bits per heavy atom. The van der Waals surface area contributed by atoms with Gasteiger partial charge in [0.1, 0.15) is 5.69 Å². The minimum atomic E-state index is -0.366. The van der Waals surface area contributed by atoms with Crippen molar-refractivity contribution >= 4 is 23.3 Å². The molecule has 1 heterocycles. The van der Waals surface area contributed by atoms with E-state index in [2.05, 4.69) is 25.9 Å². The summed E-state index contributed by atoms with van der Waals surface area (Å²) in [5.74, 6) is -0.366. The van der Waals surface area contributed by atoms with Gasteiger partial charge in [0.15, 0.2) is 0 Å². The van der Waals surface area contributed by atoms with Crippen LogP contribution in [-0.2, 0) is 0 Å². The van der Waals surface area contributed by atoms with Gasteiger partial charge in [-0.1, -0.05) is 6.07 Å². The molecule has 0 spiro atoms. The van der Waals surface area contributed by atoms with Crippen molar-refractivity contribution in [1.29, 1.82) is 0 Å². The summed E-state index contributed by atoms with van der Waals surface area (Å²) < 4.78 is 0. The fourth-order valence-electron chi connectivity index (χ4n) is 1.48. The molecule has 0 aliphatic carbocycles. The van der Waals surface area contributed by atoms with Crippen molar-refractivity contribution in [1.82, 2.24) is 15.3 Å². The van der Waals surface area contributed by atoms with E-state index in [0.717, 1.165) is 0 Å². The number of benzene rings is 1. The van der Waals surface area contributed by atoms with Gasteiger partial charge < -0.3 is 16.0 Å². The van der Waals surface area contributed by atoms with Crippen LogP contribution < -0.4 is 16.0 Å². The molecular formula is C13H13N5O2. The van der Waals surface area contributed by atoms with Gasteiger partial charge in [-0.05, 0) is 18.2 Å². The van der Waals surface area contributed by atoms with Gasteiger partial charge in [0.05, 0.1) is 6.20 Å². The molecule has 0 atom stereocenters. The van der Waals surface area contributed by atoms with Gasteiger partial charge in [-0.2, -0.15) is 0 Å². The number of anilines is 2. The molecule has 0 saturated heterocycles. The van der Waals surface area contributed by atoms with E-state index >= 15 is 0 Å². The van der Waals surface area contributed by atoms with E-state index in [1.54, 1.807) is 24.3 Å². The Hall–Kier alpha value is -2.96. The van der Waals surface area contributed by atoms with Crippen molar-refractivity contribution in [2.24, 2.45) is 0 Å². The lowest BCUT2D eigenvalue weighted by Crippen LogP contribution is -2.24. The number of urea groups is 1. The third-order valence-electron chi connectivity index (χ3n) is 2.40. The lowest BCUT2D eigenvalue weighted by atomic mass is 10.2. The summed E-state index contributed by atoms with van der Waals surface area (Å²) in [6.07, 6.45) is 4.31. The number of carbonyl (C=O) groups excluding carboxylic acids is 2. The molecule has 0 unspecified atom stereocenters. The van der Waals surface area contributed by atoms with Crippen LogP contribution in [0.3, 0.4) is 0 Å². The predicted octanol–water partition coefficient (Wildman–Crippen LogP) is 1.48. The quantitative estimate of drug-likeness (QED) is 0.787. The first-order chi connectivity index (χ1) is 9.69. The second kappa shape index (κ2) is 6.28. The highest BCUT2D eigenvalue weighted by molar-refractivity contribution is 6.03. The lowest BCUT2D eigenvalue weighted by molar-refractivity contribution is 0.102. The molecule has 0 fully saturated rings. The van der Waals surface area contributed by atoms with E-state index in [4.69, 9.17) is 0 Å². The van der Waals surface area contributed by atoms with Crippen molar-refractivity contribution in [3.63, 3.8) is 0 Å². The summed E-state index contributed by atoms with van der Waals surface area (Å²) in [5.41, 5.74) is 1.34. The van der Waals surface area contributed by atoms with Crippen molar-refractivity contribution in [2.75, 3.05) is 17.7 Å². The summed E-state index contributed by atoms with van der Waals surface area (Å²) in [4.78, 5) is 30.8. The average molecular weight is 271 g/mol. The first-order valence-electron chi connectivity index (χ1n) is 5.85. The molecule has 102 valence electrons. The molecule has 0 saturated carbocycles. The summed E-state index contributed by atoms with van der Waals surface area (Å²) in [5, 5.41) is 7.74. The summed E-state index contributed by atoms with van der Waals surface area (Å²) >= 11 is 0. The fraction of sp³-hybridized carbons (Fsp3) is 0.0769. The van der Waals surface area contributed by atoms with E-state index in [-0.39, 0.29) is 17.6 Å². The zero-order valence-electron chi connectivity index (χ0n) is 10.8. The highest BCUT2D eigenvalue weighted by Crippen LogP contribution is 2.15. The smallest absolute Gasteiger partial charge is 0.318 e. The number of carbonyl (C=O) groups is 2.